The molecule has 0 radical (unpaired) electrons. The second-order valence-electron chi connectivity index (χ2n) is 3.61. The van der Waals surface area contributed by atoms with E-state index in [9.17, 15) is 9.90 Å². The Kier molecular flexibility index (Phi) is 5.12. The van der Waals surface area contributed by atoms with Crippen LogP contribution in [0.2, 0.25) is 0 Å². The molecule has 86 valence electrons. The third-order valence-corrected chi connectivity index (χ3v) is 2.30. The number of aromatic nitrogens is 1. The molecule has 1 rings (SSSR count). The van der Waals surface area contributed by atoms with Crippen LogP contribution in [0.25, 0.3) is 0 Å². The topological polar surface area (TPSA) is 42.2 Å². The largest absolute Gasteiger partial charge is 0.503 e. The van der Waals surface area contributed by atoms with Gasteiger partial charge in [-0.25, -0.2) is 0 Å². The molecule has 15 heavy (non-hydrogen) atoms. The first-order chi connectivity index (χ1) is 6.95. The van der Waals surface area contributed by atoms with Gasteiger partial charge in [-0.3, -0.25) is 4.79 Å². The van der Waals surface area contributed by atoms with Gasteiger partial charge in [0, 0.05) is 18.3 Å². The predicted octanol–water partition coefficient (Wildman–Crippen LogP) is 2.55. The molecule has 0 atom stereocenters. The number of aryl methyl sites for hydroxylation is 1. The Morgan fingerprint density at radius 3 is 2.20 bits per heavy atom. The summed E-state index contributed by atoms with van der Waals surface area (Å²) in [5.41, 5.74) is 1.27. The highest BCUT2D eigenvalue weighted by Crippen LogP contribution is 2.22. The highest BCUT2D eigenvalue weighted by molar-refractivity contribution is 5.34. The molecule has 1 heterocycles. The lowest BCUT2D eigenvalue weighted by Gasteiger charge is -2.11. The van der Waals surface area contributed by atoms with Crippen LogP contribution in [-0.4, -0.2) is 9.67 Å². The summed E-state index contributed by atoms with van der Waals surface area (Å²) in [5.74, 6) is 0.0516. The number of rotatable bonds is 1. The summed E-state index contributed by atoms with van der Waals surface area (Å²) in [7, 11) is 1.65. The SMILES string of the molecule is CC.Cc1cc(C(C)C)c(O)c(=O)n1C. The average molecular weight is 211 g/mol. The number of aromatic hydroxyl groups is 1. The van der Waals surface area contributed by atoms with Crippen LogP contribution < -0.4 is 5.56 Å². The fourth-order valence-electron chi connectivity index (χ4n) is 1.27. The number of nitrogens with zero attached hydrogens (tertiary/aromatic N) is 1. The van der Waals surface area contributed by atoms with Gasteiger partial charge in [-0.1, -0.05) is 27.7 Å². The third-order valence-electron chi connectivity index (χ3n) is 2.30. The summed E-state index contributed by atoms with van der Waals surface area (Å²) in [6, 6.07) is 1.85. The van der Waals surface area contributed by atoms with Gasteiger partial charge in [0.2, 0.25) is 0 Å². The van der Waals surface area contributed by atoms with E-state index in [0.717, 1.165) is 11.3 Å². The molecule has 1 aromatic heterocycles. The predicted molar refractivity (Wildman–Crippen MR) is 63.5 cm³/mol. The molecule has 0 aliphatic heterocycles. The van der Waals surface area contributed by atoms with Crippen LogP contribution in [0.15, 0.2) is 10.9 Å². The molecule has 1 aromatic rings. The molecule has 3 nitrogen and oxygen atoms in total. The lowest BCUT2D eigenvalue weighted by atomic mass is 10.0. The molecular weight excluding hydrogens is 190 g/mol. The van der Waals surface area contributed by atoms with Gasteiger partial charge in [0.15, 0.2) is 5.75 Å². The van der Waals surface area contributed by atoms with E-state index in [0.29, 0.717) is 0 Å². The van der Waals surface area contributed by atoms with Crippen LogP contribution in [0.3, 0.4) is 0 Å². The van der Waals surface area contributed by atoms with Gasteiger partial charge in [0.1, 0.15) is 0 Å². The van der Waals surface area contributed by atoms with Crippen molar-refractivity contribution in [2.45, 2.75) is 40.5 Å². The van der Waals surface area contributed by atoms with Crippen LogP contribution in [0, 0.1) is 6.92 Å². The first kappa shape index (κ1) is 13.8. The normalized spacial score (nSPS) is 9.80. The van der Waals surface area contributed by atoms with E-state index in [-0.39, 0.29) is 17.2 Å². The smallest absolute Gasteiger partial charge is 0.292 e. The maximum Gasteiger partial charge on any atom is 0.292 e. The summed E-state index contributed by atoms with van der Waals surface area (Å²) in [5, 5.41) is 9.54. The minimum atomic E-state index is -0.316. The molecule has 0 aliphatic rings. The van der Waals surface area contributed by atoms with Crippen molar-refractivity contribution in [2.24, 2.45) is 7.05 Å². The van der Waals surface area contributed by atoms with Crippen LogP contribution in [-0.2, 0) is 7.05 Å². The molecule has 0 saturated heterocycles. The van der Waals surface area contributed by atoms with Crippen LogP contribution >= 0.6 is 0 Å². The van der Waals surface area contributed by atoms with E-state index in [1.807, 2.05) is 40.7 Å². The van der Waals surface area contributed by atoms with Crippen molar-refractivity contribution in [2.75, 3.05) is 0 Å². The minimum Gasteiger partial charge on any atom is -0.503 e. The van der Waals surface area contributed by atoms with E-state index in [1.165, 1.54) is 4.57 Å². The number of pyridine rings is 1. The minimum absolute atomic E-state index is 0.122. The molecule has 0 amide bonds. The van der Waals surface area contributed by atoms with Crippen molar-refractivity contribution >= 4 is 0 Å². The fraction of sp³-hybridized carbons (Fsp3) is 0.583. The lowest BCUT2D eigenvalue weighted by molar-refractivity contribution is 0.449. The highest BCUT2D eigenvalue weighted by atomic mass is 16.3. The molecule has 0 saturated carbocycles. The Labute approximate surface area is 91.4 Å². The second-order valence-corrected chi connectivity index (χ2v) is 3.61. The first-order valence-corrected chi connectivity index (χ1v) is 5.34. The Hall–Kier alpha value is -1.25. The van der Waals surface area contributed by atoms with Gasteiger partial charge in [-0.05, 0) is 18.9 Å². The van der Waals surface area contributed by atoms with Crippen LogP contribution in [0.1, 0.15) is 44.9 Å². The van der Waals surface area contributed by atoms with Crippen molar-refractivity contribution in [3.8, 4) is 5.75 Å². The Morgan fingerprint density at radius 2 is 1.80 bits per heavy atom. The van der Waals surface area contributed by atoms with Gasteiger partial charge in [0.25, 0.3) is 5.56 Å². The molecule has 0 unspecified atom stereocenters. The van der Waals surface area contributed by atoms with Crippen molar-refractivity contribution in [1.29, 1.82) is 0 Å². The first-order valence-electron chi connectivity index (χ1n) is 5.34. The molecule has 0 spiro atoms. The molecule has 1 N–H and O–H groups in total. The summed E-state index contributed by atoms with van der Waals surface area (Å²) < 4.78 is 1.45. The molecule has 0 bridgehead atoms. The zero-order valence-corrected chi connectivity index (χ0v) is 10.5. The van der Waals surface area contributed by atoms with Gasteiger partial charge in [-0.15, -0.1) is 0 Å². The number of hydrogen-bond acceptors (Lipinski definition) is 2. The average Bonchev–Trinajstić information content (AvgIpc) is 2.23. The fourth-order valence-corrected chi connectivity index (χ4v) is 1.27. The van der Waals surface area contributed by atoms with E-state index in [1.54, 1.807) is 7.05 Å². The summed E-state index contributed by atoms with van der Waals surface area (Å²) in [4.78, 5) is 11.4. The summed E-state index contributed by atoms with van der Waals surface area (Å²) in [6.45, 7) is 9.76. The summed E-state index contributed by atoms with van der Waals surface area (Å²) >= 11 is 0. The summed E-state index contributed by atoms with van der Waals surface area (Å²) in [6.07, 6.45) is 0. The molecule has 0 aliphatic carbocycles. The van der Waals surface area contributed by atoms with E-state index >= 15 is 0 Å². The monoisotopic (exact) mass is 211 g/mol. The maximum atomic E-state index is 11.4. The standard InChI is InChI=1S/C10H15NO2.C2H6/c1-6(2)8-5-7(3)11(4)10(13)9(8)12;1-2/h5-6,12H,1-4H3;1-2H3. The van der Waals surface area contributed by atoms with Crippen molar-refractivity contribution < 1.29 is 5.11 Å². The second kappa shape index (κ2) is 5.59. The zero-order chi connectivity index (χ0) is 12.2. The van der Waals surface area contributed by atoms with E-state index < -0.39 is 0 Å². The van der Waals surface area contributed by atoms with Crippen molar-refractivity contribution in [3.63, 3.8) is 0 Å². The van der Waals surface area contributed by atoms with Crippen LogP contribution in [0.4, 0.5) is 0 Å². The molecule has 3 heteroatoms. The van der Waals surface area contributed by atoms with Crippen molar-refractivity contribution in [3.05, 3.63) is 27.7 Å². The number of hydrogen-bond donors (Lipinski definition) is 1. The molecule has 0 fully saturated rings. The maximum absolute atomic E-state index is 11.4. The third kappa shape index (κ3) is 2.85. The van der Waals surface area contributed by atoms with E-state index in [4.69, 9.17) is 0 Å². The van der Waals surface area contributed by atoms with Gasteiger partial charge in [-0.2, -0.15) is 0 Å². The van der Waals surface area contributed by atoms with E-state index in [2.05, 4.69) is 0 Å². The van der Waals surface area contributed by atoms with Gasteiger partial charge >= 0.3 is 0 Å². The lowest BCUT2D eigenvalue weighted by Crippen LogP contribution is -2.19. The van der Waals surface area contributed by atoms with Crippen molar-refractivity contribution in [1.82, 2.24) is 4.57 Å². The highest BCUT2D eigenvalue weighted by Gasteiger charge is 2.11. The zero-order valence-electron chi connectivity index (χ0n) is 10.5. The van der Waals surface area contributed by atoms with Gasteiger partial charge in [0.05, 0.1) is 0 Å². The Balaban J connectivity index is 0.000000921. The van der Waals surface area contributed by atoms with Gasteiger partial charge < -0.3 is 9.67 Å². The van der Waals surface area contributed by atoms with Crippen LogP contribution in [0.5, 0.6) is 5.75 Å². The quantitative estimate of drug-likeness (QED) is 0.775. The Morgan fingerprint density at radius 1 is 1.33 bits per heavy atom. The molecular formula is C12H21NO2. The Bertz CT molecular complexity index is 378. The molecule has 0 aromatic carbocycles.